The molecule has 0 saturated carbocycles. The number of aryl methyl sites for hydroxylation is 1. The Morgan fingerprint density at radius 2 is 2.33 bits per heavy atom. The molecular formula is C12H21ClN4O3S. The van der Waals surface area contributed by atoms with Gasteiger partial charge in [0.15, 0.2) is 15.7 Å². The van der Waals surface area contributed by atoms with E-state index in [4.69, 9.17) is 0 Å². The summed E-state index contributed by atoms with van der Waals surface area (Å²) >= 11 is 0. The second-order valence-electron chi connectivity index (χ2n) is 4.84. The Labute approximate surface area is 130 Å². The van der Waals surface area contributed by atoms with Crippen molar-refractivity contribution in [3.05, 3.63) is 12.3 Å². The van der Waals surface area contributed by atoms with Crippen molar-refractivity contribution in [1.29, 1.82) is 0 Å². The van der Waals surface area contributed by atoms with Crippen molar-refractivity contribution in [2.24, 2.45) is 0 Å². The zero-order chi connectivity index (χ0) is 14.6. The van der Waals surface area contributed by atoms with Crippen molar-refractivity contribution in [3.8, 4) is 0 Å². The first-order chi connectivity index (χ1) is 9.50. The van der Waals surface area contributed by atoms with Crippen molar-refractivity contribution in [1.82, 2.24) is 15.1 Å². The van der Waals surface area contributed by atoms with Crippen LogP contribution in [0.4, 0.5) is 5.82 Å². The third-order valence-electron chi connectivity index (χ3n) is 3.34. The molecule has 1 aromatic rings. The maximum Gasteiger partial charge on any atom is 0.242 e. The van der Waals surface area contributed by atoms with Crippen LogP contribution in [0, 0.1) is 0 Å². The van der Waals surface area contributed by atoms with Gasteiger partial charge in [0.2, 0.25) is 5.91 Å². The number of sulfone groups is 1. The first-order valence-electron chi connectivity index (χ1n) is 6.78. The molecule has 9 heteroatoms. The quantitative estimate of drug-likeness (QED) is 0.785. The third-order valence-corrected chi connectivity index (χ3v) is 5.02. The van der Waals surface area contributed by atoms with Crippen molar-refractivity contribution in [2.45, 2.75) is 32.4 Å². The predicted molar refractivity (Wildman–Crippen MR) is 83.5 cm³/mol. The van der Waals surface area contributed by atoms with Gasteiger partial charge < -0.3 is 10.6 Å². The molecule has 0 radical (unpaired) electrons. The topological polar surface area (TPSA) is 93.1 Å². The SMILES string of the molecule is CCS(=O)(=O)CCn1ccc(NC(=O)C2CCCN2)n1.Cl. The van der Waals surface area contributed by atoms with Gasteiger partial charge in [0.05, 0.1) is 18.3 Å². The molecule has 1 aliphatic heterocycles. The number of carbonyl (C=O) groups is 1. The molecule has 21 heavy (non-hydrogen) atoms. The average Bonchev–Trinajstić information content (AvgIpc) is 3.08. The van der Waals surface area contributed by atoms with Gasteiger partial charge in [-0.3, -0.25) is 9.48 Å². The van der Waals surface area contributed by atoms with Crippen LogP contribution in [-0.4, -0.2) is 48.2 Å². The van der Waals surface area contributed by atoms with E-state index in [1.807, 2.05) is 0 Å². The van der Waals surface area contributed by atoms with Gasteiger partial charge in [0.1, 0.15) is 0 Å². The number of nitrogens with zero attached hydrogens (tertiary/aromatic N) is 2. The molecule has 2 N–H and O–H groups in total. The van der Waals surface area contributed by atoms with Crippen LogP contribution in [0.3, 0.4) is 0 Å². The molecule has 1 aromatic heterocycles. The Morgan fingerprint density at radius 1 is 1.57 bits per heavy atom. The molecule has 1 atom stereocenters. The maximum absolute atomic E-state index is 11.9. The van der Waals surface area contributed by atoms with Gasteiger partial charge in [0, 0.05) is 18.0 Å². The summed E-state index contributed by atoms with van der Waals surface area (Å²) in [6.45, 7) is 2.79. The molecule has 1 amide bonds. The molecule has 1 aliphatic rings. The smallest absolute Gasteiger partial charge is 0.242 e. The van der Waals surface area contributed by atoms with Crippen LogP contribution in [0.1, 0.15) is 19.8 Å². The summed E-state index contributed by atoms with van der Waals surface area (Å²) in [6, 6.07) is 1.52. The number of anilines is 1. The van der Waals surface area contributed by atoms with Crippen LogP contribution >= 0.6 is 12.4 Å². The van der Waals surface area contributed by atoms with Crippen LogP contribution in [0.15, 0.2) is 12.3 Å². The van der Waals surface area contributed by atoms with Gasteiger partial charge in [0.25, 0.3) is 0 Å². The number of nitrogens with one attached hydrogen (secondary N) is 2. The van der Waals surface area contributed by atoms with Crippen LogP contribution in [0.25, 0.3) is 0 Å². The molecular weight excluding hydrogens is 316 g/mol. The third kappa shape index (κ3) is 5.29. The highest BCUT2D eigenvalue weighted by molar-refractivity contribution is 7.91. The highest BCUT2D eigenvalue weighted by atomic mass is 35.5. The van der Waals surface area contributed by atoms with Crippen molar-refractivity contribution >= 4 is 34.0 Å². The average molecular weight is 337 g/mol. The minimum Gasteiger partial charge on any atom is -0.308 e. The fraction of sp³-hybridized carbons (Fsp3) is 0.667. The summed E-state index contributed by atoms with van der Waals surface area (Å²) < 4.78 is 24.4. The van der Waals surface area contributed by atoms with Crippen LogP contribution < -0.4 is 10.6 Å². The monoisotopic (exact) mass is 336 g/mol. The summed E-state index contributed by atoms with van der Waals surface area (Å²) in [6.07, 6.45) is 3.51. The second kappa shape index (κ2) is 7.77. The Morgan fingerprint density at radius 3 is 2.95 bits per heavy atom. The molecule has 1 unspecified atom stereocenters. The first kappa shape index (κ1) is 17.9. The molecule has 1 fully saturated rings. The molecule has 7 nitrogen and oxygen atoms in total. The fourth-order valence-electron chi connectivity index (χ4n) is 2.05. The van der Waals surface area contributed by atoms with E-state index in [1.165, 1.54) is 4.68 Å². The van der Waals surface area contributed by atoms with E-state index in [-0.39, 0.29) is 35.9 Å². The van der Waals surface area contributed by atoms with Crippen LogP contribution in [0.5, 0.6) is 0 Å². The lowest BCUT2D eigenvalue weighted by Gasteiger charge is -2.08. The number of carbonyl (C=O) groups excluding carboxylic acids is 1. The van der Waals surface area contributed by atoms with Gasteiger partial charge in [-0.1, -0.05) is 6.92 Å². The van der Waals surface area contributed by atoms with Crippen molar-refractivity contribution in [3.63, 3.8) is 0 Å². The summed E-state index contributed by atoms with van der Waals surface area (Å²) in [5.41, 5.74) is 0. The van der Waals surface area contributed by atoms with E-state index >= 15 is 0 Å². The van der Waals surface area contributed by atoms with E-state index in [9.17, 15) is 13.2 Å². The number of halogens is 1. The normalized spacial score (nSPS) is 18.2. The highest BCUT2D eigenvalue weighted by Crippen LogP contribution is 2.09. The van der Waals surface area contributed by atoms with E-state index in [0.29, 0.717) is 12.4 Å². The summed E-state index contributed by atoms with van der Waals surface area (Å²) in [5, 5.41) is 9.99. The van der Waals surface area contributed by atoms with Crippen LogP contribution in [0.2, 0.25) is 0 Å². The van der Waals surface area contributed by atoms with E-state index in [2.05, 4.69) is 15.7 Å². The molecule has 1 saturated heterocycles. The molecule has 2 rings (SSSR count). The molecule has 0 spiro atoms. The van der Waals surface area contributed by atoms with Gasteiger partial charge in [-0.2, -0.15) is 5.10 Å². The number of hydrogen-bond acceptors (Lipinski definition) is 5. The summed E-state index contributed by atoms with van der Waals surface area (Å²) in [4.78, 5) is 11.9. The second-order valence-corrected chi connectivity index (χ2v) is 7.31. The fourth-order valence-corrected chi connectivity index (χ4v) is 2.81. The number of hydrogen-bond donors (Lipinski definition) is 2. The predicted octanol–water partition coefficient (Wildman–Crippen LogP) is 0.430. The Kier molecular flexibility index (Phi) is 6.63. The number of rotatable bonds is 6. The number of aromatic nitrogens is 2. The van der Waals surface area contributed by atoms with E-state index < -0.39 is 9.84 Å². The minimum atomic E-state index is -3.00. The Hall–Kier alpha value is -1.12. The zero-order valence-electron chi connectivity index (χ0n) is 11.9. The molecule has 0 aromatic carbocycles. The zero-order valence-corrected chi connectivity index (χ0v) is 13.5. The lowest BCUT2D eigenvalue weighted by molar-refractivity contribution is -0.117. The number of amides is 1. The lowest BCUT2D eigenvalue weighted by atomic mass is 10.2. The van der Waals surface area contributed by atoms with Gasteiger partial charge in [-0.05, 0) is 19.4 Å². The standard InChI is InChI=1S/C12H20N4O3S.ClH/c1-2-20(18,19)9-8-16-7-5-11(15-16)14-12(17)10-4-3-6-13-10;/h5,7,10,13H,2-4,6,8-9H2,1H3,(H,14,15,17);1H. The van der Waals surface area contributed by atoms with E-state index in [1.54, 1.807) is 19.2 Å². The van der Waals surface area contributed by atoms with Gasteiger partial charge in [-0.15, -0.1) is 12.4 Å². The molecule has 2 heterocycles. The largest absolute Gasteiger partial charge is 0.308 e. The van der Waals surface area contributed by atoms with Crippen LogP contribution in [-0.2, 0) is 21.2 Å². The van der Waals surface area contributed by atoms with E-state index in [0.717, 1.165) is 19.4 Å². The van der Waals surface area contributed by atoms with Gasteiger partial charge in [-0.25, -0.2) is 8.42 Å². The molecule has 120 valence electrons. The maximum atomic E-state index is 11.9. The first-order valence-corrected chi connectivity index (χ1v) is 8.60. The lowest BCUT2D eigenvalue weighted by Crippen LogP contribution is -2.35. The highest BCUT2D eigenvalue weighted by Gasteiger charge is 2.22. The van der Waals surface area contributed by atoms with Gasteiger partial charge >= 0.3 is 0 Å². The summed E-state index contributed by atoms with van der Waals surface area (Å²) in [5.74, 6) is 0.556. The Balaban J connectivity index is 0.00000220. The molecule has 0 aliphatic carbocycles. The van der Waals surface area contributed by atoms with Crippen molar-refractivity contribution < 1.29 is 13.2 Å². The minimum absolute atomic E-state index is 0. The summed E-state index contributed by atoms with van der Waals surface area (Å²) in [7, 11) is -3.00. The molecule has 0 bridgehead atoms. The Bertz CT molecular complexity index is 567. The van der Waals surface area contributed by atoms with Crippen molar-refractivity contribution in [2.75, 3.05) is 23.4 Å².